The van der Waals surface area contributed by atoms with Crippen LogP contribution < -0.4 is 14.4 Å². The largest absolute Gasteiger partial charge is 0.490 e. The van der Waals surface area contributed by atoms with Gasteiger partial charge in [0.1, 0.15) is 5.75 Å². The monoisotopic (exact) mass is 747 g/mol. The van der Waals surface area contributed by atoms with Gasteiger partial charge in [0.05, 0.1) is 29.7 Å². The first kappa shape index (κ1) is 36.5. The fourth-order valence-corrected chi connectivity index (χ4v) is 9.70. The number of fused-ring (bicyclic) bond motifs is 4. The lowest BCUT2D eigenvalue weighted by Crippen LogP contribution is -2.50. The topological polar surface area (TPSA) is 125 Å². The second-order valence-corrected chi connectivity index (χ2v) is 16.9. The molecule has 0 saturated heterocycles. The quantitative estimate of drug-likeness (QED) is 0.342. The number of nitrogens with zero attached hydrogens (tertiary/aromatic N) is 2. The summed E-state index contributed by atoms with van der Waals surface area (Å²) in [4.78, 5) is 31.5. The SMILES string of the molecule is CO[C@H]1/C=C\CCN(C)C(=O)C[C@](O)(C(=O)NS(=O)(=O)c2ccccc2)c2ccc3c(c2)N(C[C@@H]2CC[C@H]21)C[C@@]1(CCCc2cc(Cl)ccc21)CO3. The van der Waals surface area contributed by atoms with Gasteiger partial charge in [0.2, 0.25) is 5.91 Å². The van der Waals surface area contributed by atoms with Gasteiger partial charge in [-0.05, 0) is 103 Å². The van der Waals surface area contributed by atoms with Crippen LogP contribution in [0.25, 0.3) is 0 Å². The minimum absolute atomic E-state index is 0.0754. The van der Waals surface area contributed by atoms with Gasteiger partial charge in [-0.15, -0.1) is 0 Å². The highest BCUT2D eigenvalue weighted by Crippen LogP contribution is 2.48. The molecule has 52 heavy (non-hydrogen) atoms. The van der Waals surface area contributed by atoms with Crippen molar-refractivity contribution >= 4 is 39.1 Å². The highest BCUT2D eigenvalue weighted by Gasteiger charge is 2.47. The molecule has 0 radical (unpaired) electrons. The zero-order chi connectivity index (χ0) is 36.7. The summed E-state index contributed by atoms with van der Waals surface area (Å²) < 4.78 is 41.5. The van der Waals surface area contributed by atoms with Crippen LogP contribution >= 0.6 is 11.6 Å². The number of rotatable bonds is 4. The maximum atomic E-state index is 14.1. The number of amides is 2. The lowest BCUT2D eigenvalue weighted by atomic mass is 9.68. The molecule has 10 nitrogen and oxygen atoms in total. The number of halogens is 1. The lowest BCUT2D eigenvalue weighted by molar-refractivity contribution is -0.148. The first-order valence-corrected chi connectivity index (χ1v) is 19.9. The Labute approximate surface area is 310 Å². The maximum Gasteiger partial charge on any atom is 0.270 e. The fourth-order valence-electron chi connectivity index (χ4n) is 8.46. The predicted molar refractivity (Wildman–Crippen MR) is 199 cm³/mol. The van der Waals surface area contributed by atoms with Crippen LogP contribution in [0.3, 0.4) is 0 Å². The van der Waals surface area contributed by atoms with Crippen molar-refractivity contribution in [3.8, 4) is 5.75 Å². The molecule has 1 saturated carbocycles. The molecule has 0 aromatic heterocycles. The summed E-state index contributed by atoms with van der Waals surface area (Å²) in [7, 11) is -1.03. The molecule has 3 aromatic carbocycles. The Bertz CT molecular complexity index is 1970. The van der Waals surface area contributed by atoms with Crippen LogP contribution in [0.15, 0.2) is 83.8 Å². The molecular formula is C40H46ClN3O7S. The Morgan fingerprint density at radius 2 is 1.90 bits per heavy atom. The average Bonchev–Trinajstić information content (AvgIpc) is 3.27. The van der Waals surface area contributed by atoms with E-state index in [9.17, 15) is 23.1 Å². The summed E-state index contributed by atoms with van der Waals surface area (Å²) in [6, 6.07) is 18.6. The maximum absolute atomic E-state index is 14.1. The van der Waals surface area contributed by atoms with Gasteiger partial charge in [-0.3, -0.25) is 9.59 Å². The van der Waals surface area contributed by atoms with Gasteiger partial charge in [-0.2, -0.15) is 0 Å². The second-order valence-electron chi connectivity index (χ2n) is 14.8. The van der Waals surface area contributed by atoms with E-state index in [4.69, 9.17) is 21.1 Å². The van der Waals surface area contributed by atoms with E-state index in [2.05, 4.69) is 27.8 Å². The smallest absolute Gasteiger partial charge is 0.270 e. The van der Waals surface area contributed by atoms with Gasteiger partial charge in [0, 0.05) is 44.2 Å². The molecular weight excluding hydrogens is 702 g/mol. The van der Waals surface area contributed by atoms with E-state index in [1.54, 1.807) is 50.6 Å². The summed E-state index contributed by atoms with van der Waals surface area (Å²) in [5.41, 5.74) is 0.314. The third-order valence-corrected chi connectivity index (χ3v) is 13.2. The van der Waals surface area contributed by atoms with Crippen LogP contribution in [0, 0.1) is 11.8 Å². The Balaban J connectivity index is 1.34. The second kappa shape index (κ2) is 14.5. The molecule has 2 amide bonds. The molecule has 4 aliphatic rings. The van der Waals surface area contributed by atoms with Crippen molar-refractivity contribution in [2.24, 2.45) is 11.8 Å². The highest BCUT2D eigenvalue weighted by molar-refractivity contribution is 7.90. The Morgan fingerprint density at radius 1 is 1.10 bits per heavy atom. The number of carbonyl (C=O) groups excluding carboxylic acids is 2. The molecule has 2 bridgehead atoms. The van der Waals surface area contributed by atoms with Crippen molar-refractivity contribution in [2.75, 3.05) is 45.3 Å². The number of benzene rings is 3. The molecule has 276 valence electrons. The summed E-state index contributed by atoms with van der Waals surface area (Å²) in [5.74, 6) is -0.563. The molecule has 3 aromatic rings. The van der Waals surface area contributed by atoms with Crippen LogP contribution in [0.2, 0.25) is 5.02 Å². The predicted octanol–water partition coefficient (Wildman–Crippen LogP) is 5.36. The number of ether oxygens (including phenoxy) is 2. The van der Waals surface area contributed by atoms with E-state index in [-0.39, 0.29) is 27.9 Å². The summed E-state index contributed by atoms with van der Waals surface area (Å²) in [6.45, 7) is 2.05. The van der Waals surface area contributed by atoms with Crippen molar-refractivity contribution < 1.29 is 32.6 Å². The summed E-state index contributed by atoms with van der Waals surface area (Å²) in [5, 5.41) is 13.1. The molecule has 0 unspecified atom stereocenters. The van der Waals surface area contributed by atoms with E-state index in [1.807, 2.05) is 12.1 Å². The van der Waals surface area contributed by atoms with Crippen LogP contribution in [0.1, 0.15) is 55.2 Å². The normalized spacial score (nSPS) is 28.5. The van der Waals surface area contributed by atoms with E-state index >= 15 is 0 Å². The molecule has 2 aliphatic heterocycles. The molecule has 2 N–H and O–H groups in total. The number of aryl methyl sites for hydroxylation is 1. The standard InChI is InChI=1S/C40H46ClN3O7S/c1-43-20-7-6-12-35(50-2)32-16-13-28(32)24-44-25-39(19-8-9-27-21-30(41)15-17-33(27)39)26-51-36-18-14-29(22-34(36)44)40(47,23-37(43)45)38(46)42-52(48,49)31-10-4-3-5-11-31/h3-6,10-12,14-15,17-18,21-22,28,32,35,47H,7-9,13,16,19-20,23-26H2,1-2H3,(H,42,46)/b12-6-/t28-,32+,35-,39-,40+/m0/s1. The Kier molecular flexibility index (Phi) is 10.2. The van der Waals surface area contributed by atoms with Crippen LogP contribution in [0.4, 0.5) is 5.69 Å². The number of aliphatic hydroxyl groups is 1. The van der Waals surface area contributed by atoms with Gasteiger partial charge < -0.3 is 24.4 Å². The van der Waals surface area contributed by atoms with E-state index in [0.717, 1.165) is 32.1 Å². The minimum atomic E-state index is -4.37. The van der Waals surface area contributed by atoms with Gasteiger partial charge in [-0.1, -0.05) is 54.1 Å². The highest BCUT2D eigenvalue weighted by atomic mass is 35.5. The number of sulfonamides is 1. The number of hydrogen-bond donors (Lipinski definition) is 2. The van der Waals surface area contributed by atoms with E-state index in [1.165, 1.54) is 28.2 Å². The van der Waals surface area contributed by atoms with Crippen molar-refractivity contribution in [2.45, 2.75) is 67.0 Å². The Hall–Kier alpha value is -3.90. The molecule has 12 heteroatoms. The molecule has 1 fully saturated rings. The van der Waals surface area contributed by atoms with Crippen molar-refractivity contribution in [1.82, 2.24) is 9.62 Å². The molecule has 1 spiro atoms. The molecule has 2 aliphatic carbocycles. The third kappa shape index (κ3) is 6.96. The van der Waals surface area contributed by atoms with Gasteiger partial charge >= 0.3 is 0 Å². The number of anilines is 1. The van der Waals surface area contributed by atoms with Crippen molar-refractivity contribution in [1.29, 1.82) is 0 Å². The van der Waals surface area contributed by atoms with Crippen LogP contribution in [0.5, 0.6) is 5.75 Å². The van der Waals surface area contributed by atoms with Crippen molar-refractivity contribution in [3.05, 3.63) is 101 Å². The minimum Gasteiger partial charge on any atom is -0.490 e. The summed E-state index contributed by atoms with van der Waals surface area (Å²) >= 11 is 6.46. The first-order valence-electron chi connectivity index (χ1n) is 18.0. The molecule has 2 heterocycles. The van der Waals surface area contributed by atoms with Crippen molar-refractivity contribution in [3.63, 3.8) is 0 Å². The zero-order valence-corrected chi connectivity index (χ0v) is 31.2. The van der Waals surface area contributed by atoms with E-state index in [0.29, 0.717) is 55.0 Å². The van der Waals surface area contributed by atoms with Crippen LogP contribution in [-0.4, -0.2) is 76.7 Å². The molecule has 5 atom stereocenters. The first-order chi connectivity index (χ1) is 24.9. The zero-order valence-electron chi connectivity index (χ0n) is 29.6. The number of methoxy groups -OCH3 is 1. The molecule has 7 rings (SSSR count). The Morgan fingerprint density at radius 3 is 2.65 bits per heavy atom. The number of carbonyl (C=O) groups is 2. The number of hydrogen-bond acceptors (Lipinski definition) is 8. The number of nitrogens with one attached hydrogen (secondary N) is 1. The van der Waals surface area contributed by atoms with Gasteiger partial charge in [0.15, 0.2) is 5.60 Å². The van der Waals surface area contributed by atoms with E-state index < -0.39 is 33.9 Å². The third-order valence-electron chi connectivity index (χ3n) is 11.6. The fraction of sp³-hybridized carbons (Fsp3) is 0.450. The lowest BCUT2D eigenvalue weighted by Gasteiger charge is -2.46. The van der Waals surface area contributed by atoms with Crippen LogP contribution in [-0.2, 0) is 41.8 Å². The average molecular weight is 748 g/mol. The van der Waals surface area contributed by atoms with Gasteiger partial charge in [-0.25, -0.2) is 13.1 Å². The van der Waals surface area contributed by atoms with Gasteiger partial charge in [0.25, 0.3) is 15.9 Å². The summed E-state index contributed by atoms with van der Waals surface area (Å²) in [6.07, 6.45) is 8.74.